The molecule has 0 saturated carbocycles. The Bertz CT molecular complexity index is 104. The predicted molar refractivity (Wildman–Crippen MR) is 41.1 cm³/mol. The molecule has 0 spiro atoms. The van der Waals surface area contributed by atoms with Gasteiger partial charge in [-0.15, -0.1) is 0 Å². The second-order valence-corrected chi connectivity index (χ2v) is 3.00. The molecule has 0 rings (SSSR count). The van der Waals surface area contributed by atoms with Gasteiger partial charge in [-0.2, -0.15) is 0 Å². The minimum absolute atomic E-state index is 0.0349. The van der Waals surface area contributed by atoms with Gasteiger partial charge in [0.15, 0.2) is 11.8 Å². The van der Waals surface area contributed by atoms with Gasteiger partial charge >= 0.3 is 0 Å². The SMILES string of the molecule is CC(C)C(C)OC(Cl)C=O. The lowest BCUT2D eigenvalue weighted by molar-refractivity contribution is -0.116. The maximum Gasteiger partial charge on any atom is 0.186 e. The number of carbonyl (C=O) groups excluding carboxylic acids is 1. The summed E-state index contributed by atoms with van der Waals surface area (Å²) in [7, 11) is 0. The molecule has 0 aliphatic carbocycles. The van der Waals surface area contributed by atoms with E-state index in [4.69, 9.17) is 16.3 Å². The summed E-state index contributed by atoms with van der Waals surface area (Å²) in [6, 6.07) is 0. The van der Waals surface area contributed by atoms with E-state index in [1.165, 1.54) is 0 Å². The van der Waals surface area contributed by atoms with Crippen LogP contribution in [0.25, 0.3) is 0 Å². The van der Waals surface area contributed by atoms with Crippen molar-refractivity contribution >= 4 is 17.9 Å². The lowest BCUT2D eigenvalue weighted by Gasteiger charge is -2.16. The van der Waals surface area contributed by atoms with Crippen LogP contribution in [0, 0.1) is 5.92 Å². The minimum atomic E-state index is -0.794. The Morgan fingerprint density at radius 2 is 1.90 bits per heavy atom. The van der Waals surface area contributed by atoms with E-state index in [-0.39, 0.29) is 6.10 Å². The third kappa shape index (κ3) is 3.85. The molecule has 0 amide bonds. The van der Waals surface area contributed by atoms with Gasteiger partial charge in [-0.1, -0.05) is 25.4 Å². The quantitative estimate of drug-likeness (QED) is 0.468. The molecule has 0 aliphatic rings. The Balaban J connectivity index is 3.56. The van der Waals surface area contributed by atoms with E-state index in [1.54, 1.807) is 0 Å². The van der Waals surface area contributed by atoms with Crippen molar-refractivity contribution in [3.8, 4) is 0 Å². The zero-order valence-corrected chi connectivity index (χ0v) is 7.26. The molecular formula is C7H13ClO2. The van der Waals surface area contributed by atoms with Crippen LogP contribution in [0.3, 0.4) is 0 Å². The van der Waals surface area contributed by atoms with Crippen LogP contribution in [0.15, 0.2) is 0 Å². The van der Waals surface area contributed by atoms with E-state index in [1.807, 2.05) is 20.8 Å². The molecule has 2 atom stereocenters. The van der Waals surface area contributed by atoms with Crippen LogP contribution < -0.4 is 0 Å². The van der Waals surface area contributed by atoms with Gasteiger partial charge in [0.2, 0.25) is 0 Å². The first kappa shape index (κ1) is 9.92. The van der Waals surface area contributed by atoms with Crippen LogP contribution in [-0.4, -0.2) is 18.0 Å². The lowest BCUT2D eigenvalue weighted by atomic mass is 10.1. The minimum Gasteiger partial charge on any atom is -0.352 e. The summed E-state index contributed by atoms with van der Waals surface area (Å²) in [4.78, 5) is 10.0. The van der Waals surface area contributed by atoms with Crippen molar-refractivity contribution in [1.82, 2.24) is 0 Å². The first-order chi connectivity index (χ1) is 4.57. The highest BCUT2D eigenvalue weighted by atomic mass is 35.5. The van der Waals surface area contributed by atoms with Gasteiger partial charge in [0.25, 0.3) is 0 Å². The van der Waals surface area contributed by atoms with Crippen LogP contribution in [0.1, 0.15) is 20.8 Å². The Morgan fingerprint density at radius 1 is 1.40 bits per heavy atom. The highest BCUT2D eigenvalue weighted by Crippen LogP contribution is 2.08. The monoisotopic (exact) mass is 164 g/mol. The molecule has 0 radical (unpaired) electrons. The van der Waals surface area contributed by atoms with E-state index >= 15 is 0 Å². The zero-order valence-electron chi connectivity index (χ0n) is 6.50. The molecule has 0 N–H and O–H groups in total. The number of rotatable bonds is 4. The van der Waals surface area contributed by atoms with Crippen molar-refractivity contribution in [2.45, 2.75) is 32.4 Å². The third-order valence-corrected chi connectivity index (χ3v) is 1.60. The van der Waals surface area contributed by atoms with E-state index < -0.39 is 5.56 Å². The van der Waals surface area contributed by atoms with Crippen LogP contribution in [-0.2, 0) is 9.53 Å². The smallest absolute Gasteiger partial charge is 0.186 e. The molecule has 0 aromatic carbocycles. The number of halogens is 1. The molecule has 0 aromatic heterocycles. The molecule has 0 aromatic rings. The third-order valence-electron chi connectivity index (χ3n) is 1.39. The normalized spacial score (nSPS) is 16.9. The number of aldehydes is 1. The average molecular weight is 165 g/mol. The van der Waals surface area contributed by atoms with Gasteiger partial charge in [-0.3, -0.25) is 4.79 Å². The van der Waals surface area contributed by atoms with Crippen molar-refractivity contribution in [3.63, 3.8) is 0 Å². The standard InChI is InChI=1S/C7H13ClO2/c1-5(2)6(3)10-7(8)4-9/h4-7H,1-3H3. The summed E-state index contributed by atoms with van der Waals surface area (Å²) in [6.07, 6.45) is 0.619. The maximum atomic E-state index is 10.0. The van der Waals surface area contributed by atoms with Gasteiger partial charge < -0.3 is 4.74 Å². The summed E-state index contributed by atoms with van der Waals surface area (Å²) in [6.45, 7) is 5.92. The molecule has 2 nitrogen and oxygen atoms in total. The van der Waals surface area contributed by atoms with E-state index in [0.29, 0.717) is 12.2 Å². The van der Waals surface area contributed by atoms with Crippen molar-refractivity contribution in [2.75, 3.05) is 0 Å². The Morgan fingerprint density at radius 3 is 2.20 bits per heavy atom. The van der Waals surface area contributed by atoms with E-state index in [9.17, 15) is 4.79 Å². The highest BCUT2D eigenvalue weighted by Gasteiger charge is 2.11. The second kappa shape index (κ2) is 4.69. The molecule has 10 heavy (non-hydrogen) atoms. The summed E-state index contributed by atoms with van der Waals surface area (Å²) < 4.78 is 5.06. The lowest BCUT2D eigenvalue weighted by Crippen LogP contribution is -2.20. The topological polar surface area (TPSA) is 26.3 Å². The Labute approximate surface area is 66.5 Å². The van der Waals surface area contributed by atoms with Crippen LogP contribution >= 0.6 is 11.6 Å². The largest absolute Gasteiger partial charge is 0.352 e. The number of alkyl halides is 1. The van der Waals surface area contributed by atoms with Gasteiger partial charge in [-0.25, -0.2) is 0 Å². The fourth-order valence-electron chi connectivity index (χ4n) is 0.394. The molecule has 0 bridgehead atoms. The molecule has 0 saturated heterocycles. The zero-order chi connectivity index (χ0) is 8.15. The molecule has 0 aliphatic heterocycles. The van der Waals surface area contributed by atoms with Crippen molar-refractivity contribution in [2.24, 2.45) is 5.92 Å². The molecular weight excluding hydrogens is 152 g/mol. The van der Waals surface area contributed by atoms with E-state index in [2.05, 4.69) is 0 Å². The fourth-order valence-corrected chi connectivity index (χ4v) is 0.557. The van der Waals surface area contributed by atoms with Gasteiger partial charge in [0, 0.05) is 0 Å². The number of hydrogen-bond acceptors (Lipinski definition) is 2. The Kier molecular flexibility index (Phi) is 4.65. The average Bonchev–Trinajstić information content (AvgIpc) is 1.87. The van der Waals surface area contributed by atoms with E-state index in [0.717, 1.165) is 0 Å². The van der Waals surface area contributed by atoms with Gasteiger partial charge in [0.05, 0.1) is 6.10 Å². The summed E-state index contributed by atoms with van der Waals surface area (Å²) in [5.74, 6) is 0.390. The van der Waals surface area contributed by atoms with Gasteiger partial charge in [0.1, 0.15) is 0 Å². The molecule has 2 unspecified atom stereocenters. The molecule has 0 heterocycles. The van der Waals surface area contributed by atoms with Crippen molar-refractivity contribution in [1.29, 1.82) is 0 Å². The molecule has 60 valence electrons. The summed E-state index contributed by atoms with van der Waals surface area (Å²) in [5.41, 5.74) is -0.794. The molecule has 0 fully saturated rings. The molecule has 3 heteroatoms. The van der Waals surface area contributed by atoms with Gasteiger partial charge in [-0.05, 0) is 12.8 Å². The first-order valence-corrected chi connectivity index (χ1v) is 3.76. The van der Waals surface area contributed by atoms with Crippen molar-refractivity contribution < 1.29 is 9.53 Å². The Hall–Kier alpha value is -0.0800. The summed E-state index contributed by atoms with van der Waals surface area (Å²) in [5, 5.41) is 0. The van der Waals surface area contributed by atoms with Crippen LogP contribution in [0.5, 0.6) is 0 Å². The number of hydrogen-bond donors (Lipinski definition) is 0. The number of ether oxygens (including phenoxy) is 1. The maximum absolute atomic E-state index is 10.0. The second-order valence-electron chi connectivity index (χ2n) is 2.57. The van der Waals surface area contributed by atoms with Crippen LogP contribution in [0.4, 0.5) is 0 Å². The number of carbonyl (C=O) groups is 1. The first-order valence-electron chi connectivity index (χ1n) is 3.32. The van der Waals surface area contributed by atoms with Crippen molar-refractivity contribution in [3.05, 3.63) is 0 Å². The summed E-state index contributed by atoms with van der Waals surface area (Å²) >= 11 is 5.41. The fraction of sp³-hybridized carbons (Fsp3) is 0.857. The van der Waals surface area contributed by atoms with Crippen LogP contribution in [0.2, 0.25) is 0 Å². The highest BCUT2D eigenvalue weighted by molar-refractivity contribution is 6.26. The predicted octanol–water partition coefficient (Wildman–Crippen LogP) is 1.81.